The topological polar surface area (TPSA) is 8.17 Å². The maximum atomic E-state index is 2.53. The van der Waals surface area contributed by atoms with Gasteiger partial charge >= 0.3 is 0 Å². The second-order valence-electron chi connectivity index (χ2n) is 14.8. The lowest BCUT2D eigenvalue weighted by atomic mass is 9.90. The van der Waals surface area contributed by atoms with Crippen LogP contribution in [0.4, 0.5) is 17.1 Å². The zero-order chi connectivity index (χ0) is 38.4. The smallest absolute Gasteiger partial charge is 0.0562 e. The van der Waals surface area contributed by atoms with Crippen LogP contribution in [0.3, 0.4) is 0 Å². The van der Waals surface area contributed by atoms with Gasteiger partial charge in [0.25, 0.3) is 0 Å². The lowest BCUT2D eigenvalue weighted by Gasteiger charge is -2.31. The molecule has 0 spiro atoms. The largest absolute Gasteiger partial charge is 0.309 e. The Labute approximate surface area is 338 Å². The van der Waals surface area contributed by atoms with E-state index in [9.17, 15) is 0 Å². The van der Waals surface area contributed by atoms with Crippen LogP contribution in [0.5, 0.6) is 0 Å². The summed E-state index contributed by atoms with van der Waals surface area (Å²) in [5.74, 6) is 0. The molecule has 0 saturated heterocycles. The van der Waals surface area contributed by atoms with Crippen molar-refractivity contribution in [2.24, 2.45) is 0 Å². The van der Waals surface area contributed by atoms with Crippen LogP contribution in [0.15, 0.2) is 231 Å². The predicted octanol–water partition coefficient (Wildman–Crippen LogP) is 15.6. The minimum Gasteiger partial charge on any atom is -0.309 e. The van der Waals surface area contributed by atoms with Gasteiger partial charge in [-0.15, -0.1) is 0 Å². The molecule has 0 aliphatic rings. The minimum absolute atomic E-state index is 1.11. The van der Waals surface area contributed by atoms with Crippen LogP contribution in [0.1, 0.15) is 0 Å². The highest BCUT2D eigenvalue weighted by atomic mass is 15.2. The number of fused-ring (bicyclic) bond motifs is 5. The van der Waals surface area contributed by atoms with Crippen molar-refractivity contribution < 1.29 is 0 Å². The van der Waals surface area contributed by atoms with Crippen molar-refractivity contribution in [3.8, 4) is 39.1 Å². The van der Waals surface area contributed by atoms with Crippen LogP contribution in [-0.4, -0.2) is 4.57 Å². The van der Waals surface area contributed by atoms with Gasteiger partial charge in [-0.2, -0.15) is 0 Å². The number of aromatic nitrogens is 1. The molecule has 0 N–H and O–H groups in total. The van der Waals surface area contributed by atoms with Crippen LogP contribution in [0, 0.1) is 0 Å². The molecule has 0 amide bonds. The average Bonchev–Trinajstić information content (AvgIpc) is 3.64. The maximum Gasteiger partial charge on any atom is 0.0562 e. The fourth-order valence-corrected chi connectivity index (χ4v) is 9.11. The summed E-state index contributed by atoms with van der Waals surface area (Å²) in [6.07, 6.45) is 0. The van der Waals surface area contributed by atoms with Crippen molar-refractivity contribution in [2.75, 3.05) is 4.90 Å². The van der Waals surface area contributed by atoms with E-state index in [0.29, 0.717) is 0 Å². The fourth-order valence-electron chi connectivity index (χ4n) is 9.11. The van der Waals surface area contributed by atoms with E-state index in [1.54, 1.807) is 0 Å². The molecule has 0 fully saturated rings. The summed E-state index contributed by atoms with van der Waals surface area (Å²) < 4.78 is 2.41. The Morgan fingerprint density at radius 2 is 0.759 bits per heavy atom. The molecule has 0 bridgehead atoms. The Balaban J connectivity index is 1.26. The number of nitrogens with zero attached hydrogens (tertiary/aromatic N) is 2. The molecule has 272 valence electrons. The summed E-state index contributed by atoms with van der Waals surface area (Å²) in [4.78, 5) is 2.53. The zero-order valence-corrected chi connectivity index (χ0v) is 31.8. The van der Waals surface area contributed by atoms with Gasteiger partial charge in [0.1, 0.15) is 0 Å². The lowest BCUT2D eigenvalue weighted by Crippen LogP contribution is -2.13. The Morgan fingerprint density at radius 3 is 1.52 bits per heavy atom. The number of anilines is 3. The standard InChI is InChI=1S/C56H38N2/c1-3-19-40(20-4-1)44-31-16-23-41-24-17-33-48(55(41)44)47-29-10-13-35-51(47)58(50-34-12-9-28-46(50)45-32-15-22-39-21-7-8-27-43(39)45)54-38-18-37-53-56(54)49-30-11-14-36-52(49)57(53)42-25-5-2-6-26-42/h1-38H. The summed E-state index contributed by atoms with van der Waals surface area (Å²) in [6.45, 7) is 0. The molecule has 11 aromatic rings. The molecule has 2 heteroatoms. The monoisotopic (exact) mass is 738 g/mol. The van der Waals surface area contributed by atoms with Crippen molar-refractivity contribution in [2.45, 2.75) is 0 Å². The second kappa shape index (κ2) is 14.1. The predicted molar refractivity (Wildman–Crippen MR) is 247 cm³/mol. The lowest BCUT2D eigenvalue weighted by molar-refractivity contribution is 1.18. The van der Waals surface area contributed by atoms with Crippen LogP contribution in [-0.2, 0) is 0 Å². The van der Waals surface area contributed by atoms with Gasteiger partial charge in [0.15, 0.2) is 0 Å². The van der Waals surface area contributed by atoms with E-state index in [2.05, 4.69) is 240 Å². The molecule has 0 saturated carbocycles. The van der Waals surface area contributed by atoms with E-state index < -0.39 is 0 Å². The molecule has 0 radical (unpaired) electrons. The Bertz CT molecular complexity index is 3280. The normalized spacial score (nSPS) is 11.4. The van der Waals surface area contributed by atoms with Crippen LogP contribution < -0.4 is 4.90 Å². The van der Waals surface area contributed by atoms with Crippen molar-refractivity contribution in [1.82, 2.24) is 4.57 Å². The van der Waals surface area contributed by atoms with Gasteiger partial charge in [-0.05, 0) is 86.3 Å². The number of para-hydroxylation sites is 4. The number of benzene rings is 10. The Hall–Kier alpha value is -7.68. The molecule has 0 aliphatic heterocycles. The molecule has 11 rings (SSSR count). The number of rotatable bonds is 7. The van der Waals surface area contributed by atoms with E-state index in [1.807, 2.05) is 0 Å². The molecular weight excluding hydrogens is 701 g/mol. The number of hydrogen-bond donors (Lipinski definition) is 0. The highest BCUT2D eigenvalue weighted by Crippen LogP contribution is 2.50. The summed E-state index contributed by atoms with van der Waals surface area (Å²) >= 11 is 0. The second-order valence-corrected chi connectivity index (χ2v) is 14.8. The molecule has 1 heterocycles. The summed E-state index contributed by atoms with van der Waals surface area (Å²) in [5, 5.41) is 7.31. The highest BCUT2D eigenvalue weighted by molar-refractivity contribution is 6.18. The minimum atomic E-state index is 1.11. The average molecular weight is 739 g/mol. The van der Waals surface area contributed by atoms with Crippen molar-refractivity contribution in [1.29, 1.82) is 0 Å². The highest BCUT2D eigenvalue weighted by Gasteiger charge is 2.26. The van der Waals surface area contributed by atoms with E-state index in [-0.39, 0.29) is 0 Å². The van der Waals surface area contributed by atoms with Crippen LogP contribution >= 0.6 is 0 Å². The SMILES string of the molecule is c1ccc(-c2cccc3cccc(-c4ccccc4N(c4ccccc4-c4cccc5ccccc45)c4cccc5c4c4ccccc4n5-c4ccccc4)c23)cc1. The van der Waals surface area contributed by atoms with Gasteiger partial charge < -0.3 is 9.47 Å². The molecule has 58 heavy (non-hydrogen) atoms. The molecule has 0 aliphatic carbocycles. The Morgan fingerprint density at radius 1 is 0.276 bits per heavy atom. The van der Waals surface area contributed by atoms with Crippen LogP contribution in [0.2, 0.25) is 0 Å². The molecular formula is C56H38N2. The molecule has 0 unspecified atom stereocenters. The maximum absolute atomic E-state index is 2.53. The van der Waals surface area contributed by atoms with Crippen LogP contribution in [0.25, 0.3) is 82.4 Å². The van der Waals surface area contributed by atoms with E-state index in [4.69, 9.17) is 0 Å². The molecule has 0 atom stereocenters. The third kappa shape index (κ3) is 5.50. The first kappa shape index (κ1) is 33.6. The van der Waals surface area contributed by atoms with Gasteiger partial charge in [-0.1, -0.05) is 188 Å². The van der Waals surface area contributed by atoms with E-state index >= 15 is 0 Å². The van der Waals surface area contributed by atoms with Gasteiger partial charge in [-0.3, -0.25) is 0 Å². The van der Waals surface area contributed by atoms with E-state index in [1.165, 1.54) is 65.7 Å². The van der Waals surface area contributed by atoms with E-state index in [0.717, 1.165) is 33.8 Å². The van der Waals surface area contributed by atoms with Gasteiger partial charge in [0.2, 0.25) is 0 Å². The van der Waals surface area contributed by atoms with Crippen molar-refractivity contribution >= 4 is 60.4 Å². The van der Waals surface area contributed by atoms with Crippen molar-refractivity contribution in [3.05, 3.63) is 231 Å². The summed E-state index contributed by atoms with van der Waals surface area (Å²) in [7, 11) is 0. The van der Waals surface area contributed by atoms with Crippen molar-refractivity contribution in [3.63, 3.8) is 0 Å². The van der Waals surface area contributed by atoms with Gasteiger partial charge in [0, 0.05) is 27.6 Å². The third-order valence-electron chi connectivity index (χ3n) is 11.6. The number of hydrogen-bond acceptors (Lipinski definition) is 1. The third-order valence-corrected chi connectivity index (χ3v) is 11.6. The fraction of sp³-hybridized carbons (Fsp3) is 0. The summed E-state index contributed by atoms with van der Waals surface area (Å²) in [5.41, 5.74) is 14.0. The Kier molecular flexibility index (Phi) is 8.19. The van der Waals surface area contributed by atoms with Gasteiger partial charge in [-0.25, -0.2) is 0 Å². The molecule has 10 aromatic carbocycles. The zero-order valence-electron chi connectivity index (χ0n) is 31.8. The first-order valence-electron chi connectivity index (χ1n) is 19.9. The molecule has 1 aromatic heterocycles. The first-order valence-corrected chi connectivity index (χ1v) is 19.9. The molecule has 2 nitrogen and oxygen atoms in total. The first-order chi connectivity index (χ1) is 28.8. The summed E-state index contributed by atoms with van der Waals surface area (Å²) in [6, 6.07) is 83.8. The quantitative estimate of drug-likeness (QED) is 0.158. The van der Waals surface area contributed by atoms with Gasteiger partial charge in [0.05, 0.1) is 28.1 Å².